The van der Waals surface area contributed by atoms with Crippen molar-refractivity contribution in [3.63, 3.8) is 0 Å². The van der Waals surface area contributed by atoms with Crippen LogP contribution in [-0.2, 0) is 0 Å². The van der Waals surface area contributed by atoms with Crippen molar-refractivity contribution in [2.45, 2.75) is 6.42 Å². The third-order valence-electron chi connectivity index (χ3n) is 2.36. The van der Waals surface area contributed by atoms with Gasteiger partial charge >= 0.3 is 0 Å². The van der Waals surface area contributed by atoms with Crippen molar-refractivity contribution in [1.29, 1.82) is 0 Å². The monoisotopic (exact) mass is 347 g/mol. The third kappa shape index (κ3) is 7.39. The third-order valence-corrected chi connectivity index (χ3v) is 2.36. The molecule has 0 aliphatic rings. The summed E-state index contributed by atoms with van der Waals surface area (Å²) in [6.07, 6.45) is 2.91. The number of hydrogen-bond acceptors (Lipinski definition) is 1. The first-order valence-electron chi connectivity index (χ1n) is 5.67. The molecule has 17 heavy (non-hydrogen) atoms. The molecule has 0 atom stereocenters. The predicted octanol–water partition coefficient (Wildman–Crippen LogP) is -0.191. The van der Waals surface area contributed by atoms with Gasteiger partial charge in [-0.2, -0.15) is 0 Å². The first kappa shape index (κ1) is 16.4. The maximum Gasteiger partial charge on any atom is 0.119 e. The number of rotatable bonds is 6. The Bertz CT molecular complexity index is 327. The molecule has 0 fully saturated rings. The van der Waals surface area contributed by atoms with Gasteiger partial charge in [0.2, 0.25) is 0 Å². The number of hydrogen-bond donors (Lipinski definition) is 0. The van der Waals surface area contributed by atoms with E-state index < -0.39 is 0 Å². The van der Waals surface area contributed by atoms with E-state index in [1.54, 1.807) is 0 Å². The molecule has 0 radical (unpaired) electrons. The van der Waals surface area contributed by atoms with Crippen molar-refractivity contribution in [3.05, 3.63) is 36.4 Å². The van der Waals surface area contributed by atoms with Crippen molar-refractivity contribution in [3.8, 4) is 5.75 Å². The van der Waals surface area contributed by atoms with Crippen LogP contribution in [0.5, 0.6) is 5.75 Å². The molecule has 0 spiro atoms. The van der Waals surface area contributed by atoms with Gasteiger partial charge in [0, 0.05) is 6.42 Å². The van der Waals surface area contributed by atoms with Crippen LogP contribution >= 0.6 is 0 Å². The SMILES string of the molecule is C=Cc1ccc(OCCC[N+](C)(C)C)cc1.[I-]. The van der Waals surface area contributed by atoms with Gasteiger partial charge in [-0.15, -0.1) is 0 Å². The van der Waals surface area contributed by atoms with E-state index >= 15 is 0 Å². The standard InChI is InChI=1S/C14H22NO.HI/c1-5-13-7-9-14(10-8-13)16-12-6-11-15(2,3)4;/h5,7-10H,1,6,11-12H2,2-4H3;1H/q+1;/p-1. The van der Waals surface area contributed by atoms with Crippen LogP contribution in [-0.4, -0.2) is 38.8 Å². The molecule has 1 aromatic rings. The Morgan fingerprint density at radius 3 is 2.24 bits per heavy atom. The maximum absolute atomic E-state index is 5.66. The van der Waals surface area contributed by atoms with E-state index in [9.17, 15) is 0 Å². The minimum absolute atomic E-state index is 0. The second-order valence-corrected chi connectivity index (χ2v) is 4.99. The van der Waals surface area contributed by atoms with E-state index in [-0.39, 0.29) is 24.0 Å². The van der Waals surface area contributed by atoms with Crippen molar-refractivity contribution in [2.24, 2.45) is 0 Å². The molecule has 0 heterocycles. The molecule has 0 aliphatic heterocycles. The van der Waals surface area contributed by atoms with Gasteiger partial charge in [0.15, 0.2) is 0 Å². The first-order valence-corrected chi connectivity index (χ1v) is 5.67. The lowest BCUT2D eigenvalue weighted by molar-refractivity contribution is -0.870. The molecule has 3 heteroatoms. The van der Waals surface area contributed by atoms with E-state index in [1.807, 2.05) is 30.3 Å². The van der Waals surface area contributed by atoms with Gasteiger partial charge in [-0.05, 0) is 17.7 Å². The smallest absolute Gasteiger partial charge is 0.119 e. The average Bonchev–Trinajstić information content (AvgIpc) is 2.24. The van der Waals surface area contributed by atoms with Gasteiger partial charge in [0.1, 0.15) is 5.75 Å². The van der Waals surface area contributed by atoms with Gasteiger partial charge in [-0.3, -0.25) is 0 Å². The minimum Gasteiger partial charge on any atom is -1.00 e. The number of nitrogens with zero attached hydrogens (tertiary/aromatic N) is 1. The summed E-state index contributed by atoms with van der Waals surface area (Å²) < 4.78 is 6.64. The predicted molar refractivity (Wildman–Crippen MR) is 69.5 cm³/mol. The maximum atomic E-state index is 5.66. The summed E-state index contributed by atoms with van der Waals surface area (Å²) in [5.41, 5.74) is 1.12. The molecule has 0 bridgehead atoms. The molecule has 0 aromatic heterocycles. The Morgan fingerprint density at radius 1 is 1.18 bits per heavy atom. The molecule has 1 aromatic carbocycles. The highest BCUT2D eigenvalue weighted by molar-refractivity contribution is 5.48. The van der Waals surface area contributed by atoms with Gasteiger partial charge in [0.05, 0.1) is 34.3 Å². The van der Waals surface area contributed by atoms with Crippen LogP contribution in [0.3, 0.4) is 0 Å². The normalized spacial score (nSPS) is 10.5. The summed E-state index contributed by atoms with van der Waals surface area (Å²) in [6, 6.07) is 8.01. The minimum atomic E-state index is 0. The highest BCUT2D eigenvalue weighted by Gasteiger charge is 2.05. The zero-order valence-electron chi connectivity index (χ0n) is 10.9. The van der Waals surface area contributed by atoms with E-state index in [1.165, 1.54) is 0 Å². The molecule has 0 amide bonds. The quantitative estimate of drug-likeness (QED) is 0.394. The largest absolute Gasteiger partial charge is 1.00 e. The average molecular weight is 347 g/mol. The van der Waals surface area contributed by atoms with Crippen LogP contribution in [0.15, 0.2) is 30.8 Å². The Hall–Kier alpha value is -0.550. The van der Waals surface area contributed by atoms with Crippen LogP contribution in [0, 0.1) is 0 Å². The molecule has 0 saturated carbocycles. The fourth-order valence-electron chi connectivity index (χ4n) is 1.43. The van der Waals surface area contributed by atoms with Crippen molar-refractivity contribution < 1.29 is 33.2 Å². The molecule has 96 valence electrons. The summed E-state index contributed by atoms with van der Waals surface area (Å²) in [6.45, 7) is 5.63. The molecule has 0 saturated heterocycles. The number of halogens is 1. The van der Waals surface area contributed by atoms with Gasteiger partial charge < -0.3 is 33.2 Å². The van der Waals surface area contributed by atoms with Gasteiger partial charge in [-0.1, -0.05) is 24.8 Å². The van der Waals surface area contributed by atoms with Crippen LogP contribution in [0.1, 0.15) is 12.0 Å². The Labute approximate surface area is 122 Å². The van der Waals surface area contributed by atoms with E-state index in [2.05, 4.69) is 27.7 Å². The Balaban J connectivity index is 0.00000256. The van der Waals surface area contributed by atoms with Gasteiger partial charge in [0.25, 0.3) is 0 Å². The fraction of sp³-hybridized carbons (Fsp3) is 0.429. The van der Waals surface area contributed by atoms with Crippen molar-refractivity contribution in [2.75, 3.05) is 34.3 Å². The molecule has 2 nitrogen and oxygen atoms in total. The van der Waals surface area contributed by atoms with E-state index in [0.29, 0.717) is 0 Å². The lowest BCUT2D eigenvalue weighted by Gasteiger charge is -2.23. The lowest BCUT2D eigenvalue weighted by Crippen LogP contribution is -3.00. The summed E-state index contributed by atoms with van der Waals surface area (Å²) in [5, 5.41) is 0. The first-order chi connectivity index (χ1) is 7.51. The van der Waals surface area contributed by atoms with Crippen molar-refractivity contribution >= 4 is 6.08 Å². The Morgan fingerprint density at radius 2 is 1.76 bits per heavy atom. The summed E-state index contributed by atoms with van der Waals surface area (Å²) >= 11 is 0. The van der Waals surface area contributed by atoms with Crippen LogP contribution in [0.2, 0.25) is 0 Å². The molecule has 1 rings (SSSR count). The topological polar surface area (TPSA) is 9.23 Å². The van der Waals surface area contributed by atoms with Crippen LogP contribution in [0.25, 0.3) is 6.08 Å². The summed E-state index contributed by atoms with van der Waals surface area (Å²) in [4.78, 5) is 0. The second-order valence-electron chi connectivity index (χ2n) is 4.99. The molecular weight excluding hydrogens is 325 g/mol. The zero-order chi connectivity index (χ0) is 12.0. The number of quaternary nitrogens is 1. The summed E-state index contributed by atoms with van der Waals surface area (Å²) in [7, 11) is 6.58. The van der Waals surface area contributed by atoms with E-state index in [4.69, 9.17) is 4.74 Å². The van der Waals surface area contributed by atoms with Crippen LogP contribution < -0.4 is 28.7 Å². The lowest BCUT2D eigenvalue weighted by atomic mass is 10.2. The molecule has 0 aliphatic carbocycles. The zero-order valence-corrected chi connectivity index (χ0v) is 13.1. The van der Waals surface area contributed by atoms with E-state index in [0.717, 1.165) is 35.4 Å². The second kappa shape index (κ2) is 7.71. The highest BCUT2D eigenvalue weighted by Crippen LogP contribution is 2.13. The Kier molecular flexibility index (Phi) is 7.46. The number of benzene rings is 1. The fourth-order valence-corrected chi connectivity index (χ4v) is 1.43. The molecule has 0 N–H and O–H groups in total. The summed E-state index contributed by atoms with van der Waals surface area (Å²) in [5.74, 6) is 0.937. The van der Waals surface area contributed by atoms with Crippen molar-refractivity contribution in [1.82, 2.24) is 0 Å². The highest BCUT2D eigenvalue weighted by atomic mass is 127. The molecule has 0 unspecified atom stereocenters. The number of ether oxygens (including phenoxy) is 1. The molecular formula is C14H22INO. The van der Waals surface area contributed by atoms with Crippen LogP contribution in [0.4, 0.5) is 0 Å². The van der Waals surface area contributed by atoms with Gasteiger partial charge in [-0.25, -0.2) is 0 Å².